The van der Waals surface area contributed by atoms with Crippen molar-refractivity contribution < 1.29 is 14.3 Å². The largest absolute Gasteiger partial charge is 0.484 e. The number of hydrogen-bond donors (Lipinski definition) is 1. The second-order valence-corrected chi connectivity index (χ2v) is 7.39. The van der Waals surface area contributed by atoms with Gasteiger partial charge in [0.1, 0.15) is 11.3 Å². The van der Waals surface area contributed by atoms with Crippen molar-refractivity contribution in [1.82, 2.24) is 5.32 Å². The van der Waals surface area contributed by atoms with Gasteiger partial charge in [0.15, 0.2) is 12.4 Å². The van der Waals surface area contributed by atoms with Crippen LogP contribution in [-0.4, -0.2) is 23.8 Å². The molecule has 0 aromatic heterocycles. The Bertz CT molecular complexity index is 879. The average Bonchev–Trinajstić information content (AvgIpc) is 2.73. The summed E-state index contributed by atoms with van der Waals surface area (Å²) < 4.78 is 5.50. The van der Waals surface area contributed by atoms with Gasteiger partial charge in [0.25, 0.3) is 5.91 Å². The summed E-state index contributed by atoms with van der Waals surface area (Å²) in [6.07, 6.45) is 4.33. The maximum Gasteiger partial charge on any atom is 0.259 e. The van der Waals surface area contributed by atoms with Crippen LogP contribution < -0.4 is 10.1 Å². The molecule has 1 aliphatic carbocycles. The molecule has 0 unspecified atom stereocenters. The monoisotopic (exact) mass is 396 g/mol. The van der Waals surface area contributed by atoms with Gasteiger partial charge in [-0.2, -0.15) is 5.26 Å². The number of rotatable bonds is 6. The highest BCUT2D eigenvalue weighted by atomic mass is 35.5. The molecule has 1 aliphatic rings. The minimum atomic E-state index is -0.770. The smallest absolute Gasteiger partial charge is 0.259 e. The van der Waals surface area contributed by atoms with Crippen LogP contribution in [0.3, 0.4) is 0 Å². The van der Waals surface area contributed by atoms with Crippen LogP contribution in [0.25, 0.3) is 0 Å². The van der Waals surface area contributed by atoms with Gasteiger partial charge in [0, 0.05) is 16.1 Å². The highest BCUT2D eigenvalue weighted by Gasteiger charge is 2.33. The molecule has 3 rings (SSSR count). The summed E-state index contributed by atoms with van der Waals surface area (Å²) in [6.45, 7) is -0.173. The summed E-state index contributed by atoms with van der Waals surface area (Å²) in [4.78, 5) is 24.6. The summed E-state index contributed by atoms with van der Waals surface area (Å²) in [5.74, 6) is 0.0523. The van der Waals surface area contributed by atoms with E-state index in [0.717, 1.165) is 19.3 Å². The van der Waals surface area contributed by atoms with Gasteiger partial charge in [-0.3, -0.25) is 9.59 Å². The normalized spacial score (nSPS) is 15.3. The van der Waals surface area contributed by atoms with Crippen LogP contribution in [0, 0.1) is 11.3 Å². The lowest BCUT2D eigenvalue weighted by Gasteiger charge is -2.31. The van der Waals surface area contributed by atoms with E-state index < -0.39 is 5.54 Å². The maximum atomic E-state index is 12.4. The molecule has 2 aromatic carbocycles. The predicted molar refractivity (Wildman–Crippen MR) is 106 cm³/mol. The molecule has 0 aliphatic heterocycles. The molecule has 0 bridgehead atoms. The van der Waals surface area contributed by atoms with E-state index in [1.54, 1.807) is 48.5 Å². The van der Waals surface area contributed by atoms with E-state index in [1.165, 1.54) is 0 Å². The zero-order valence-electron chi connectivity index (χ0n) is 15.4. The third-order valence-electron chi connectivity index (χ3n) is 4.89. The summed E-state index contributed by atoms with van der Waals surface area (Å²) in [7, 11) is 0. The van der Waals surface area contributed by atoms with Crippen LogP contribution in [-0.2, 0) is 4.79 Å². The van der Waals surface area contributed by atoms with E-state index in [9.17, 15) is 14.9 Å². The highest BCUT2D eigenvalue weighted by molar-refractivity contribution is 6.30. The SMILES string of the molecule is N#CC1(NC(=O)COc2ccc(C(=O)c3ccc(Cl)cc3)cc2)CCCCC1. The molecule has 0 spiro atoms. The number of halogens is 1. The molecule has 1 saturated carbocycles. The Hall–Kier alpha value is -2.84. The zero-order valence-corrected chi connectivity index (χ0v) is 16.2. The molecule has 1 N–H and O–H groups in total. The first-order valence-electron chi connectivity index (χ1n) is 9.27. The Morgan fingerprint density at radius 3 is 2.14 bits per heavy atom. The lowest BCUT2D eigenvalue weighted by atomic mass is 9.83. The molecule has 0 atom stereocenters. The molecule has 0 radical (unpaired) electrons. The van der Waals surface area contributed by atoms with Gasteiger partial charge in [-0.05, 0) is 61.4 Å². The van der Waals surface area contributed by atoms with E-state index >= 15 is 0 Å². The van der Waals surface area contributed by atoms with E-state index in [1.807, 2.05) is 0 Å². The standard InChI is InChI=1S/C22H21ClN2O3/c23-18-8-4-16(5-9-18)21(27)17-6-10-19(11-7-17)28-14-20(26)25-22(15-24)12-2-1-3-13-22/h4-11H,1-3,12-14H2,(H,25,26). The number of carbonyl (C=O) groups is 2. The molecular weight excluding hydrogens is 376 g/mol. The number of ether oxygens (including phenoxy) is 1. The van der Waals surface area contributed by atoms with E-state index in [-0.39, 0.29) is 18.3 Å². The number of nitrogens with one attached hydrogen (secondary N) is 1. The maximum absolute atomic E-state index is 12.4. The Morgan fingerprint density at radius 2 is 1.57 bits per heavy atom. The molecule has 0 saturated heterocycles. The summed E-state index contributed by atoms with van der Waals surface area (Å²) >= 11 is 5.84. The van der Waals surface area contributed by atoms with Gasteiger partial charge in [-0.1, -0.05) is 30.9 Å². The fourth-order valence-electron chi connectivity index (χ4n) is 3.34. The lowest BCUT2D eigenvalue weighted by molar-refractivity contribution is -0.124. The number of carbonyl (C=O) groups excluding carboxylic acids is 2. The van der Waals surface area contributed by atoms with Gasteiger partial charge >= 0.3 is 0 Å². The molecule has 144 valence electrons. The third-order valence-corrected chi connectivity index (χ3v) is 5.14. The van der Waals surface area contributed by atoms with Crippen molar-refractivity contribution in [3.8, 4) is 11.8 Å². The van der Waals surface area contributed by atoms with Crippen LogP contribution >= 0.6 is 11.6 Å². The minimum absolute atomic E-state index is 0.116. The number of ketones is 1. The van der Waals surface area contributed by atoms with Crippen molar-refractivity contribution in [2.75, 3.05) is 6.61 Å². The minimum Gasteiger partial charge on any atom is -0.484 e. The van der Waals surface area contributed by atoms with Crippen LogP contribution in [0.15, 0.2) is 48.5 Å². The van der Waals surface area contributed by atoms with Gasteiger partial charge in [0.2, 0.25) is 0 Å². The fraction of sp³-hybridized carbons (Fsp3) is 0.318. The number of benzene rings is 2. The molecule has 5 nitrogen and oxygen atoms in total. The average molecular weight is 397 g/mol. The zero-order chi connectivity index (χ0) is 20.0. The fourth-order valence-corrected chi connectivity index (χ4v) is 3.47. The number of nitriles is 1. The third kappa shape index (κ3) is 4.90. The topological polar surface area (TPSA) is 79.2 Å². The Balaban J connectivity index is 1.55. The number of amides is 1. The van der Waals surface area contributed by atoms with Gasteiger partial charge in [-0.25, -0.2) is 0 Å². The van der Waals surface area contributed by atoms with Crippen LogP contribution in [0.1, 0.15) is 48.0 Å². The van der Waals surface area contributed by atoms with Crippen LogP contribution in [0.2, 0.25) is 5.02 Å². The van der Waals surface area contributed by atoms with Gasteiger partial charge < -0.3 is 10.1 Å². The quantitative estimate of drug-likeness (QED) is 0.738. The van der Waals surface area contributed by atoms with Gasteiger partial charge in [0.05, 0.1) is 6.07 Å². The van der Waals surface area contributed by atoms with Crippen LogP contribution in [0.5, 0.6) is 5.75 Å². The van der Waals surface area contributed by atoms with Gasteiger partial charge in [-0.15, -0.1) is 0 Å². The first-order chi connectivity index (χ1) is 13.5. The first-order valence-corrected chi connectivity index (χ1v) is 9.64. The van der Waals surface area contributed by atoms with E-state index in [4.69, 9.17) is 16.3 Å². The molecule has 1 amide bonds. The molecular formula is C22H21ClN2O3. The second kappa shape index (κ2) is 8.90. The summed E-state index contributed by atoms with van der Waals surface area (Å²) in [5.41, 5.74) is 0.296. The van der Waals surface area contributed by atoms with Crippen molar-refractivity contribution in [3.05, 3.63) is 64.7 Å². The van der Waals surface area contributed by atoms with Crippen molar-refractivity contribution in [3.63, 3.8) is 0 Å². The molecule has 6 heteroatoms. The Morgan fingerprint density at radius 1 is 1.00 bits per heavy atom. The Kier molecular flexibility index (Phi) is 6.33. The molecule has 0 heterocycles. The first kappa shape index (κ1) is 19.9. The van der Waals surface area contributed by atoms with E-state index in [2.05, 4.69) is 11.4 Å². The lowest BCUT2D eigenvalue weighted by Crippen LogP contribution is -2.50. The predicted octanol–water partition coefficient (Wildman–Crippen LogP) is 4.29. The highest BCUT2D eigenvalue weighted by Crippen LogP contribution is 2.27. The van der Waals surface area contributed by atoms with Crippen molar-refractivity contribution >= 4 is 23.3 Å². The van der Waals surface area contributed by atoms with Crippen molar-refractivity contribution in [1.29, 1.82) is 5.26 Å². The molecule has 1 fully saturated rings. The van der Waals surface area contributed by atoms with Crippen LogP contribution in [0.4, 0.5) is 0 Å². The van der Waals surface area contributed by atoms with Crippen molar-refractivity contribution in [2.45, 2.75) is 37.6 Å². The number of nitrogens with zero attached hydrogens (tertiary/aromatic N) is 1. The van der Waals surface area contributed by atoms with Crippen molar-refractivity contribution in [2.24, 2.45) is 0 Å². The molecule has 28 heavy (non-hydrogen) atoms. The number of hydrogen-bond acceptors (Lipinski definition) is 4. The molecule has 2 aromatic rings. The Labute approximate surface area is 169 Å². The summed E-state index contributed by atoms with van der Waals surface area (Å²) in [6, 6.07) is 15.6. The van der Waals surface area contributed by atoms with E-state index in [0.29, 0.717) is 34.7 Å². The second-order valence-electron chi connectivity index (χ2n) is 6.95. The summed E-state index contributed by atoms with van der Waals surface area (Å²) in [5, 5.41) is 12.8.